The Labute approximate surface area is 116 Å². The molecular weight excluding hydrogens is 318 g/mol. The molecule has 0 unspecified atom stereocenters. The third-order valence-corrected chi connectivity index (χ3v) is 5.44. The number of thiophene rings is 1. The summed E-state index contributed by atoms with van der Waals surface area (Å²) in [5, 5.41) is 5.22. The van der Waals surface area contributed by atoms with E-state index in [9.17, 15) is 0 Å². The van der Waals surface area contributed by atoms with Crippen molar-refractivity contribution in [3.05, 3.63) is 27.2 Å². The summed E-state index contributed by atoms with van der Waals surface area (Å²) in [7, 11) is 1.92. The minimum absolute atomic E-state index is 0.817. The highest BCUT2D eigenvalue weighted by Crippen LogP contribution is 2.37. The summed E-state index contributed by atoms with van der Waals surface area (Å²) in [6, 6.07) is 2.03. The first kappa shape index (κ1) is 11.5. The molecule has 0 saturated carbocycles. The molecule has 0 amide bonds. The molecule has 3 rings (SSSR count). The first-order valence-electron chi connectivity index (χ1n) is 5.18. The van der Waals surface area contributed by atoms with E-state index in [1.165, 1.54) is 11.3 Å². The Hall–Kier alpha value is -0.590. The summed E-state index contributed by atoms with van der Waals surface area (Å²) in [6.45, 7) is 0. The van der Waals surface area contributed by atoms with Crippen LogP contribution in [0.25, 0.3) is 10.7 Å². The van der Waals surface area contributed by atoms with Gasteiger partial charge in [-0.3, -0.25) is 0 Å². The molecule has 0 aliphatic carbocycles. The first-order chi connectivity index (χ1) is 8.29. The molecule has 3 nitrogen and oxygen atoms in total. The predicted molar refractivity (Wildman–Crippen MR) is 77.6 cm³/mol. The molecule has 0 aromatic carbocycles. The number of hydrogen-bond donors (Lipinski definition) is 1. The van der Waals surface area contributed by atoms with Crippen molar-refractivity contribution in [2.45, 2.75) is 11.5 Å². The highest BCUT2D eigenvalue weighted by atomic mass is 79.9. The molecule has 88 valence electrons. The molecule has 17 heavy (non-hydrogen) atoms. The first-order valence-corrected chi connectivity index (χ1v) is 8.01. The molecule has 0 bridgehead atoms. The van der Waals surface area contributed by atoms with E-state index in [-0.39, 0.29) is 0 Å². The van der Waals surface area contributed by atoms with E-state index in [0.29, 0.717) is 0 Å². The molecule has 1 aliphatic heterocycles. The van der Waals surface area contributed by atoms with E-state index >= 15 is 0 Å². The Morgan fingerprint density at radius 3 is 2.94 bits per heavy atom. The summed E-state index contributed by atoms with van der Waals surface area (Å²) >= 11 is 7.09. The predicted octanol–water partition coefficient (Wildman–Crippen LogP) is 3.76. The maximum atomic E-state index is 4.67. The molecule has 0 atom stereocenters. The van der Waals surface area contributed by atoms with Gasteiger partial charge in [0.1, 0.15) is 5.82 Å². The summed E-state index contributed by atoms with van der Waals surface area (Å²) in [4.78, 5) is 10.4. The van der Waals surface area contributed by atoms with Crippen molar-refractivity contribution in [1.29, 1.82) is 0 Å². The Kier molecular flexibility index (Phi) is 3.10. The summed E-state index contributed by atoms with van der Waals surface area (Å²) < 4.78 is 1.06. The van der Waals surface area contributed by atoms with E-state index in [2.05, 4.69) is 31.2 Å². The van der Waals surface area contributed by atoms with Gasteiger partial charge in [-0.1, -0.05) is 0 Å². The zero-order valence-corrected chi connectivity index (χ0v) is 12.4. The van der Waals surface area contributed by atoms with Gasteiger partial charge in [0.25, 0.3) is 0 Å². The van der Waals surface area contributed by atoms with Crippen LogP contribution >= 0.6 is 39.0 Å². The van der Waals surface area contributed by atoms with Crippen molar-refractivity contribution in [1.82, 2.24) is 9.97 Å². The number of fused-ring (bicyclic) bond motifs is 1. The maximum absolute atomic E-state index is 4.67. The monoisotopic (exact) mass is 327 g/mol. The average Bonchev–Trinajstić information content (AvgIpc) is 2.95. The molecule has 2 aromatic heterocycles. The van der Waals surface area contributed by atoms with Crippen molar-refractivity contribution in [2.24, 2.45) is 0 Å². The van der Waals surface area contributed by atoms with Crippen LogP contribution in [0, 0.1) is 0 Å². The van der Waals surface area contributed by atoms with Crippen molar-refractivity contribution >= 4 is 44.8 Å². The van der Waals surface area contributed by atoms with Crippen molar-refractivity contribution in [2.75, 3.05) is 12.4 Å². The normalized spacial score (nSPS) is 13.8. The van der Waals surface area contributed by atoms with Crippen molar-refractivity contribution in [3.63, 3.8) is 0 Å². The lowest BCUT2D eigenvalue weighted by atomic mass is 10.2. The number of aromatic nitrogens is 2. The highest BCUT2D eigenvalue weighted by Gasteiger charge is 2.20. The summed E-state index contributed by atoms with van der Waals surface area (Å²) in [5.41, 5.74) is 2.43. The van der Waals surface area contributed by atoms with E-state index in [1.807, 2.05) is 30.3 Å². The number of nitrogens with one attached hydrogen (secondary N) is 1. The molecule has 2 aromatic rings. The van der Waals surface area contributed by atoms with Crippen LogP contribution in [0.1, 0.15) is 11.3 Å². The molecule has 0 spiro atoms. The second-order valence-electron chi connectivity index (χ2n) is 3.66. The van der Waals surface area contributed by atoms with Crippen LogP contribution in [0.4, 0.5) is 5.82 Å². The summed E-state index contributed by atoms with van der Waals surface area (Å²) in [6.07, 6.45) is 0. The second kappa shape index (κ2) is 4.59. The minimum Gasteiger partial charge on any atom is -0.373 e. The lowest BCUT2D eigenvalue weighted by Crippen LogP contribution is -2.02. The van der Waals surface area contributed by atoms with Gasteiger partial charge in [0.05, 0.1) is 10.6 Å². The fourth-order valence-corrected chi connectivity index (χ4v) is 4.34. The standard InChI is InChI=1S/C11H10BrN3S2/c1-13-10-6-4-16-5-8(6)14-11(15-10)9-7(12)2-3-17-9/h2-3H,4-5H2,1H3,(H,13,14,15). The van der Waals surface area contributed by atoms with Gasteiger partial charge in [0.15, 0.2) is 5.82 Å². The quantitative estimate of drug-likeness (QED) is 0.911. The molecule has 0 fully saturated rings. The maximum Gasteiger partial charge on any atom is 0.173 e. The Morgan fingerprint density at radius 1 is 1.35 bits per heavy atom. The number of anilines is 1. The van der Waals surface area contributed by atoms with Gasteiger partial charge in [0.2, 0.25) is 0 Å². The van der Waals surface area contributed by atoms with Crippen molar-refractivity contribution < 1.29 is 0 Å². The van der Waals surface area contributed by atoms with Crippen molar-refractivity contribution in [3.8, 4) is 10.7 Å². The number of hydrogen-bond acceptors (Lipinski definition) is 5. The van der Waals surface area contributed by atoms with E-state index in [4.69, 9.17) is 0 Å². The average molecular weight is 328 g/mol. The fourth-order valence-electron chi connectivity index (χ4n) is 1.81. The third-order valence-electron chi connectivity index (χ3n) is 2.64. The minimum atomic E-state index is 0.817. The lowest BCUT2D eigenvalue weighted by molar-refractivity contribution is 1.07. The Morgan fingerprint density at radius 2 is 2.24 bits per heavy atom. The smallest absolute Gasteiger partial charge is 0.173 e. The number of nitrogens with zero attached hydrogens (tertiary/aromatic N) is 2. The van der Waals surface area contributed by atoms with Gasteiger partial charge in [0, 0.05) is 28.6 Å². The number of halogens is 1. The Bertz CT molecular complexity index is 568. The van der Waals surface area contributed by atoms with E-state index < -0.39 is 0 Å². The van der Waals surface area contributed by atoms with Gasteiger partial charge in [-0.15, -0.1) is 11.3 Å². The van der Waals surface area contributed by atoms with Gasteiger partial charge in [-0.05, 0) is 27.4 Å². The van der Waals surface area contributed by atoms with Gasteiger partial charge >= 0.3 is 0 Å². The molecule has 0 radical (unpaired) electrons. The zero-order valence-electron chi connectivity index (χ0n) is 9.16. The number of thioether (sulfide) groups is 1. The van der Waals surface area contributed by atoms with Gasteiger partial charge in [-0.25, -0.2) is 9.97 Å². The van der Waals surface area contributed by atoms with Crippen LogP contribution in [-0.4, -0.2) is 17.0 Å². The SMILES string of the molecule is CNc1nc(-c2sccc2Br)nc2c1CSC2. The highest BCUT2D eigenvalue weighted by molar-refractivity contribution is 9.10. The van der Waals surface area contributed by atoms with Crippen LogP contribution in [0.15, 0.2) is 15.9 Å². The number of rotatable bonds is 2. The van der Waals surface area contributed by atoms with Crippen LogP contribution in [0.3, 0.4) is 0 Å². The van der Waals surface area contributed by atoms with Crippen LogP contribution in [-0.2, 0) is 11.5 Å². The van der Waals surface area contributed by atoms with E-state index in [0.717, 1.165) is 32.5 Å². The Balaban J connectivity index is 2.16. The van der Waals surface area contributed by atoms with Crippen LogP contribution < -0.4 is 5.32 Å². The molecule has 6 heteroatoms. The topological polar surface area (TPSA) is 37.8 Å². The molecule has 1 N–H and O–H groups in total. The molecular formula is C11H10BrN3S2. The molecule has 1 aliphatic rings. The molecule has 3 heterocycles. The third kappa shape index (κ3) is 1.98. The second-order valence-corrected chi connectivity index (χ2v) is 6.42. The largest absolute Gasteiger partial charge is 0.373 e. The lowest BCUT2D eigenvalue weighted by Gasteiger charge is -2.08. The summed E-state index contributed by atoms with van der Waals surface area (Å²) in [5.74, 6) is 3.78. The van der Waals surface area contributed by atoms with Crippen LogP contribution in [0.2, 0.25) is 0 Å². The zero-order chi connectivity index (χ0) is 11.8. The fraction of sp³-hybridized carbons (Fsp3) is 0.273. The molecule has 0 saturated heterocycles. The van der Waals surface area contributed by atoms with Crippen LogP contribution in [0.5, 0.6) is 0 Å². The van der Waals surface area contributed by atoms with Gasteiger partial charge in [-0.2, -0.15) is 11.8 Å². The van der Waals surface area contributed by atoms with E-state index in [1.54, 1.807) is 11.3 Å². The van der Waals surface area contributed by atoms with Gasteiger partial charge < -0.3 is 5.32 Å².